The van der Waals surface area contributed by atoms with Crippen molar-refractivity contribution in [2.24, 2.45) is 0 Å². The SMILES string of the molecule is CC1(NC(=O)NC2CCCN(Cc3ccc(F)cc3F)C2=O)CCC1. The van der Waals surface area contributed by atoms with Gasteiger partial charge < -0.3 is 15.5 Å². The van der Waals surface area contributed by atoms with Crippen molar-refractivity contribution >= 4 is 11.9 Å². The first kappa shape index (κ1) is 17.6. The van der Waals surface area contributed by atoms with Gasteiger partial charge in [-0.2, -0.15) is 0 Å². The Kier molecular flexibility index (Phi) is 4.92. The van der Waals surface area contributed by atoms with Crippen LogP contribution in [0.3, 0.4) is 0 Å². The fourth-order valence-corrected chi connectivity index (χ4v) is 3.39. The number of nitrogens with one attached hydrogen (secondary N) is 2. The first-order valence-electron chi connectivity index (χ1n) is 8.68. The number of halogens is 2. The molecule has 3 amide bonds. The summed E-state index contributed by atoms with van der Waals surface area (Å²) in [5, 5.41) is 5.66. The van der Waals surface area contributed by atoms with Crippen LogP contribution in [0.25, 0.3) is 0 Å². The molecule has 1 atom stereocenters. The van der Waals surface area contributed by atoms with Gasteiger partial charge >= 0.3 is 6.03 Å². The second-order valence-electron chi connectivity index (χ2n) is 7.20. The number of urea groups is 1. The smallest absolute Gasteiger partial charge is 0.315 e. The molecule has 2 fully saturated rings. The molecule has 136 valence electrons. The molecule has 0 bridgehead atoms. The lowest BCUT2D eigenvalue weighted by Gasteiger charge is -2.40. The van der Waals surface area contributed by atoms with Gasteiger partial charge in [0.1, 0.15) is 17.7 Å². The molecule has 0 radical (unpaired) electrons. The summed E-state index contributed by atoms with van der Waals surface area (Å²) < 4.78 is 26.8. The Morgan fingerprint density at radius 2 is 2.08 bits per heavy atom. The molecule has 1 saturated carbocycles. The van der Waals surface area contributed by atoms with E-state index < -0.39 is 17.7 Å². The zero-order chi connectivity index (χ0) is 18.0. The Hall–Kier alpha value is -2.18. The highest BCUT2D eigenvalue weighted by molar-refractivity contribution is 5.87. The minimum atomic E-state index is -0.668. The molecule has 1 aliphatic heterocycles. The molecule has 0 spiro atoms. The number of hydrogen-bond acceptors (Lipinski definition) is 2. The van der Waals surface area contributed by atoms with Gasteiger partial charge in [0.15, 0.2) is 0 Å². The van der Waals surface area contributed by atoms with Gasteiger partial charge in [-0.15, -0.1) is 0 Å². The number of likely N-dealkylation sites (tertiary alicyclic amines) is 1. The second kappa shape index (κ2) is 6.98. The van der Waals surface area contributed by atoms with Gasteiger partial charge in [0.05, 0.1) is 0 Å². The number of nitrogens with zero attached hydrogens (tertiary/aromatic N) is 1. The predicted molar refractivity (Wildman–Crippen MR) is 88.7 cm³/mol. The highest BCUT2D eigenvalue weighted by Crippen LogP contribution is 2.30. The van der Waals surface area contributed by atoms with Crippen LogP contribution in [0.5, 0.6) is 0 Å². The Bertz CT molecular complexity index is 676. The van der Waals surface area contributed by atoms with Gasteiger partial charge in [-0.05, 0) is 45.1 Å². The van der Waals surface area contributed by atoms with E-state index in [1.54, 1.807) is 0 Å². The molecule has 5 nitrogen and oxygen atoms in total. The summed E-state index contributed by atoms with van der Waals surface area (Å²) in [4.78, 5) is 26.2. The Labute approximate surface area is 145 Å². The van der Waals surface area contributed by atoms with Crippen molar-refractivity contribution < 1.29 is 18.4 Å². The molecule has 2 aliphatic rings. The van der Waals surface area contributed by atoms with E-state index in [1.807, 2.05) is 6.92 Å². The van der Waals surface area contributed by atoms with Crippen LogP contribution in [0.15, 0.2) is 18.2 Å². The normalized spacial score (nSPS) is 22.3. The van der Waals surface area contributed by atoms with Gasteiger partial charge in [0.25, 0.3) is 0 Å². The molecular weight excluding hydrogens is 328 g/mol. The lowest BCUT2D eigenvalue weighted by atomic mass is 9.79. The summed E-state index contributed by atoms with van der Waals surface area (Å²) in [7, 11) is 0. The van der Waals surface area contributed by atoms with E-state index in [9.17, 15) is 18.4 Å². The zero-order valence-electron chi connectivity index (χ0n) is 14.3. The van der Waals surface area contributed by atoms with Crippen LogP contribution in [-0.4, -0.2) is 35.0 Å². The third kappa shape index (κ3) is 4.08. The second-order valence-corrected chi connectivity index (χ2v) is 7.20. The van der Waals surface area contributed by atoms with Crippen LogP contribution >= 0.6 is 0 Å². The highest BCUT2D eigenvalue weighted by Gasteiger charge is 2.35. The number of carbonyl (C=O) groups excluding carboxylic acids is 2. The maximum absolute atomic E-state index is 13.8. The lowest BCUT2D eigenvalue weighted by molar-refractivity contribution is -0.136. The zero-order valence-corrected chi connectivity index (χ0v) is 14.3. The average molecular weight is 351 g/mol. The van der Waals surface area contributed by atoms with Crippen molar-refractivity contribution in [2.75, 3.05) is 6.54 Å². The molecule has 3 rings (SSSR count). The number of amides is 3. The van der Waals surface area contributed by atoms with Gasteiger partial charge in [-0.1, -0.05) is 6.07 Å². The maximum Gasteiger partial charge on any atom is 0.315 e. The van der Waals surface area contributed by atoms with E-state index in [-0.39, 0.29) is 29.6 Å². The first-order valence-corrected chi connectivity index (χ1v) is 8.68. The molecule has 1 saturated heterocycles. The van der Waals surface area contributed by atoms with Gasteiger partial charge in [0, 0.05) is 30.3 Å². The number of benzene rings is 1. The third-order valence-electron chi connectivity index (χ3n) is 5.08. The Balaban J connectivity index is 1.59. The minimum Gasteiger partial charge on any atom is -0.336 e. The number of piperidine rings is 1. The standard InChI is InChI=1S/C18H23F2N3O2/c1-18(7-3-8-18)22-17(25)21-15-4-2-9-23(16(15)24)11-12-5-6-13(19)10-14(12)20/h5-6,10,15H,2-4,7-9,11H2,1H3,(H2,21,22,25). The summed E-state index contributed by atoms with van der Waals surface area (Å²) in [6.45, 7) is 2.55. The number of hydrogen-bond donors (Lipinski definition) is 2. The minimum absolute atomic E-state index is 0.0719. The third-order valence-corrected chi connectivity index (χ3v) is 5.08. The van der Waals surface area contributed by atoms with E-state index in [4.69, 9.17) is 0 Å². The van der Waals surface area contributed by atoms with Crippen molar-refractivity contribution in [3.63, 3.8) is 0 Å². The van der Waals surface area contributed by atoms with Crippen LogP contribution in [0, 0.1) is 11.6 Å². The van der Waals surface area contributed by atoms with Crippen molar-refractivity contribution in [1.29, 1.82) is 0 Å². The predicted octanol–water partition coefficient (Wildman–Crippen LogP) is 2.70. The summed E-state index contributed by atoms with van der Waals surface area (Å²) in [5.74, 6) is -1.55. The molecule has 0 aromatic heterocycles. The van der Waals surface area contributed by atoms with Crippen LogP contribution in [-0.2, 0) is 11.3 Å². The van der Waals surface area contributed by atoms with Crippen molar-refractivity contribution in [1.82, 2.24) is 15.5 Å². The van der Waals surface area contributed by atoms with Crippen LogP contribution in [0.2, 0.25) is 0 Å². The van der Waals surface area contributed by atoms with E-state index in [1.165, 1.54) is 17.0 Å². The van der Waals surface area contributed by atoms with Gasteiger partial charge in [-0.3, -0.25) is 4.79 Å². The first-order chi connectivity index (χ1) is 11.9. The Morgan fingerprint density at radius 1 is 1.32 bits per heavy atom. The molecule has 1 aliphatic carbocycles. The van der Waals surface area contributed by atoms with Crippen LogP contribution < -0.4 is 10.6 Å². The molecular formula is C18H23F2N3O2. The molecule has 1 heterocycles. The molecule has 7 heteroatoms. The van der Waals surface area contributed by atoms with E-state index in [0.29, 0.717) is 13.0 Å². The summed E-state index contributed by atoms with van der Waals surface area (Å²) in [6, 6.07) is 2.39. The molecule has 2 N–H and O–H groups in total. The van der Waals surface area contributed by atoms with Gasteiger partial charge in [0.2, 0.25) is 5.91 Å². The Morgan fingerprint density at radius 3 is 2.72 bits per heavy atom. The number of carbonyl (C=O) groups is 2. The van der Waals surface area contributed by atoms with Crippen molar-refractivity contribution in [3.05, 3.63) is 35.4 Å². The monoisotopic (exact) mass is 351 g/mol. The van der Waals surface area contributed by atoms with E-state index in [2.05, 4.69) is 10.6 Å². The fraction of sp³-hybridized carbons (Fsp3) is 0.556. The number of rotatable bonds is 4. The summed E-state index contributed by atoms with van der Waals surface area (Å²) >= 11 is 0. The largest absolute Gasteiger partial charge is 0.336 e. The topological polar surface area (TPSA) is 61.4 Å². The van der Waals surface area contributed by atoms with Crippen molar-refractivity contribution in [3.8, 4) is 0 Å². The van der Waals surface area contributed by atoms with Crippen LogP contribution in [0.1, 0.15) is 44.6 Å². The molecule has 1 aromatic rings. The quantitative estimate of drug-likeness (QED) is 0.876. The van der Waals surface area contributed by atoms with E-state index in [0.717, 1.165) is 31.7 Å². The summed E-state index contributed by atoms with van der Waals surface area (Å²) in [6.07, 6.45) is 4.25. The lowest BCUT2D eigenvalue weighted by Crippen LogP contribution is -2.59. The molecule has 1 aromatic carbocycles. The maximum atomic E-state index is 13.8. The van der Waals surface area contributed by atoms with Gasteiger partial charge in [-0.25, -0.2) is 13.6 Å². The highest BCUT2D eigenvalue weighted by atomic mass is 19.1. The average Bonchev–Trinajstić information content (AvgIpc) is 2.52. The van der Waals surface area contributed by atoms with Crippen LogP contribution in [0.4, 0.5) is 13.6 Å². The fourth-order valence-electron chi connectivity index (χ4n) is 3.39. The molecule has 1 unspecified atom stereocenters. The van der Waals surface area contributed by atoms with E-state index >= 15 is 0 Å². The van der Waals surface area contributed by atoms with Crippen molar-refractivity contribution in [2.45, 2.75) is 57.2 Å². The molecule has 25 heavy (non-hydrogen) atoms. The summed E-state index contributed by atoms with van der Waals surface area (Å²) in [5.41, 5.74) is 0.0838.